The lowest BCUT2D eigenvalue weighted by molar-refractivity contribution is -0.110. The molecule has 0 saturated carbocycles. The van der Waals surface area contributed by atoms with Crippen LogP contribution in [0.5, 0.6) is 0 Å². The average Bonchev–Trinajstić information content (AvgIpc) is 2.96. The SMILES string of the molecule is C\C(=C/C=C/C=C1/C(=O)Nc2ccc(Cl)cc21)c1ccc(C(=O)N2CCCN(C)CC2)cc1. The van der Waals surface area contributed by atoms with Crippen molar-refractivity contribution in [3.8, 4) is 0 Å². The molecule has 170 valence electrons. The molecule has 1 fully saturated rings. The summed E-state index contributed by atoms with van der Waals surface area (Å²) in [4.78, 5) is 29.3. The highest BCUT2D eigenvalue weighted by molar-refractivity contribution is 6.34. The Kier molecular flexibility index (Phi) is 7.11. The first-order valence-corrected chi connectivity index (χ1v) is 11.5. The van der Waals surface area contributed by atoms with E-state index in [-0.39, 0.29) is 11.8 Å². The van der Waals surface area contributed by atoms with Crippen molar-refractivity contribution in [2.75, 3.05) is 38.5 Å². The molecule has 2 heterocycles. The first-order valence-electron chi connectivity index (χ1n) is 11.2. The zero-order valence-corrected chi connectivity index (χ0v) is 19.7. The van der Waals surface area contributed by atoms with Crippen molar-refractivity contribution < 1.29 is 9.59 Å². The Labute approximate surface area is 200 Å². The monoisotopic (exact) mass is 461 g/mol. The molecular formula is C27H28ClN3O2. The maximum atomic E-state index is 12.8. The number of anilines is 1. The number of rotatable bonds is 4. The van der Waals surface area contributed by atoms with E-state index >= 15 is 0 Å². The maximum absolute atomic E-state index is 12.8. The summed E-state index contributed by atoms with van der Waals surface area (Å²) >= 11 is 6.08. The molecule has 0 spiro atoms. The lowest BCUT2D eigenvalue weighted by atomic mass is 10.0. The van der Waals surface area contributed by atoms with Crippen LogP contribution in [0.3, 0.4) is 0 Å². The Morgan fingerprint density at radius 2 is 1.76 bits per heavy atom. The minimum atomic E-state index is -0.131. The van der Waals surface area contributed by atoms with Crippen LogP contribution >= 0.6 is 11.6 Å². The second-order valence-corrected chi connectivity index (χ2v) is 8.92. The molecule has 2 aliphatic rings. The van der Waals surface area contributed by atoms with Crippen LogP contribution in [0.4, 0.5) is 5.69 Å². The van der Waals surface area contributed by atoms with Crippen molar-refractivity contribution in [2.24, 2.45) is 0 Å². The van der Waals surface area contributed by atoms with Gasteiger partial charge in [-0.1, -0.05) is 42.0 Å². The molecule has 0 aromatic heterocycles. The Morgan fingerprint density at radius 1 is 1.00 bits per heavy atom. The van der Waals surface area contributed by atoms with Gasteiger partial charge in [0.1, 0.15) is 0 Å². The van der Waals surface area contributed by atoms with Crippen LogP contribution in [-0.4, -0.2) is 54.8 Å². The fraction of sp³-hybridized carbons (Fsp3) is 0.259. The molecule has 0 aliphatic carbocycles. The first-order chi connectivity index (χ1) is 15.9. The highest BCUT2D eigenvalue weighted by atomic mass is 35.5. The molecule has 5 nitrogen and oxygen atoms in total. The molecule has 4 rings (SSSR count). The highest BCUT2D eigenvalue weighted by Gasteiger charge is 2.23. The molecule has 2 aliphatic heterocycles. The van der Waals surface area contributed by atoms with E-state index in [9.17, 15) is 9.59 Å². The molecule has 0 bridgehead atoms. The normalized spacial score (nSPS) is 18.5. The van der Waals surface area contributed by atoms with Gasteiger partial charge >= 0.3 is 0 Å². The number of benzene rings is 2. The third kappa shape index (κ3) is 5.44. The predicted octanol–water partition coefficient (Wildman–Crippen LogP) is 5.11. The summed E-state index contributed by atoms with van der Waals surface area (Å²) in [5, 5.41) is 3.44. The molecule has 0 atom stereocenters. The van der Waals surface area contributed by atoms with E-state index < -0.39 is 0 Å². The molecule has 2 aromatic carbocycles. The number of hydrogen-bond donors (Lipinski definition) is 1. The van der Waals surface area contributed by atoms with Crippen LogP contribution in [-0.2, 0) is 4.79 Å². The van der Waals surface area contributed by atoms with Gasteiger partial charge in [-0.05, 0) is 74.5 Å². The number of halogens is 1. The summed E-state index contributed by atoms with van der Waals surface area (Å²) < 4.78 is 0. The van der Waals surface area contributed by atoms with E-state index in [0.29, 0.717) is 10.6 Å². The molecule has 2 aromatic rings. The van der Waals surface area contributed by atoms with Gasteiger partial charge in [-0.2, -0.15) is 0 Å². The number of nitrogens with zero attached hydrogens (tertiary/aromatic N) is 2. The first kappa shape index (κ1) is 23.0. The minimum Gasteiger partial charge on any atom is -0.337 e. The topological polar surface area (TPSA) is 52.7 Å². The molecule has 1 N–H and O–H groups in total. The van der Waals surface area contributed by atoms with E-state index in [1.165, 1.54) is 0 Å². The van der Waals surface area contributed by atoms with Gasteiger partial charge in [0.15, 0.2) is 0 Å². The van der Waals surface area contributed by atoms with E-state index in [0.717, 1.165) is 60.6 Å². The smallest absolute Gasteiger partial charge is 0.256 e. The number of fused-ring (bicyclic) bond motifs is 1. The van der Waals surface area contributed by atoms with Crippen LogP contribution in [0, 0.1) is 0 Å². The van der Waals surface area contributed by atoms with Crippen molar-refractivity contribution in [2.45, 2.75) is 13.3 Å². The Bertz CT molecular complexity index is 1150. The van der Waals surface area contributed by atoms with Gasteiger partial charge in [-0.3, -0.25) is 9.59 Å². The van der Waals surface area contributed by atoms with Gasteiger partial charge in [-0.25, -0.2) is 0 Å². The van der Waals surface area contributed by atoms with E-state index in [1.807, 2.05) is 60.4 Å². The number of carbonyl (C=O) groups excluding carboxylic acids is 2. The number of allylic oxidation sites excluding steroid dienone is 5. The molecule has 2 amide bonds. The summed E-state index contributed by atoms with van der Waals surface area (Å²) in [6.07, 6.45) is 8.55. The number of likely N-dealkylation sites (N-methyl/N-ethyl adjacent to an activating group) is 1. The standard InChI is InChI=1S/C27H28ClN3O2/c1-19(6-3-4-7-23-24-18-22(28)12-13-25(24)29-26(23)32)20-8-10-21(11-9-20)27(33)31-15-5-14-30(2)16-17-31/h3-4,6-13,18H,5,14-17H2,1-2H3,(H,29,32)/b4-3+,19-6+,23-7+. The molecular weight excluding hydrogens is 434 g/mol. The maximum Gasteiger partial charge on any atom is 0.256 e. The summed E-state index contributed by atoms with van der Waals surface area (Å²) in [7, 11) is 2.10. The third-order valence-corrected chi connectivity index (χ3v) is 6.31. The van der Waals surface area contributed by atoms with Crippen molar-refractivity contribution in [3.05, 3.63) is 88.5 Å². The predicted molar refractivity (Wildman–Crippen MR) is 135 cm³/mol. The van der Waals surface area contributed by atoms with Crippen molar-refractivity contribution >= 4 is 40.2 Å². The van der Waals surface area contributed by atoms with Gasteiger partial charge in [-0.15, -0.1) is 0 Å². The Balaban J connectivity index is 1.42. The van der Waals surface area contributed by atoms with Crippen LogP contribution in [0.1, 0.15) is 34.8 Å². The minimum absolute atomic E-state index is 0.0974. The number of carbonyl (C=O) groups is 2. The van der Waals surface area contributed by atoms with Gasteiger partial charge < -0.3 is 15.1 Å². The molecule has 33 heavy (non-hydrogen) atoms. The summed E-state index contributed by atoms with van der Waals surface area (Å²) in [5.41, 5.74) is 5.03. The van der Waals surface area contributed by atoms with Crippen molar-refractivity contribution in [3.63, 3.8) is 0 Å². The van der Waals surface area contributed by atoms with E-state index in [4.69, 9.17) is 11.6 Å². The fourth-order valence-electron chi connectivity index (χ4n) is 4.08. The van der Waals surface area contributed by atoms with Gasteiger partial charge in [0.05, 0.1) is 0 Å². The van der Waals surface area contributed by atoms with Crippen LogP contribution in [0.2, 0.25) is 5.02 Å². The fourth-order valence-corrected chi connectivity index (χ4v) is 4.25. The van der Waals surface area contributed by atoms with Crippen molar-refractivity contribution in [1.82, 2.24) is 9.80 Å². The van der Waals surface area contributed by atoms with Crippen molar-refractivity contribution in [1.29, 1.82) is 0 Å². The highest BCUT2D eigenvalue weighted by Crippen LogP contribution is 2.33. The van der Waals surface area contributed by atoms with E-state index in [2.05, 4.69) is 17.3 Å². The van der Waals surface area contributed by atoms with Gasteiger partial charge in [0.2, 0.25) is 0 Å². The summed E-state index contributed by atoms with van der Waals surface area (Å²) in [6, 6.07) is 13.1. The van der Waals surface area contributed by atoms with Crippen LogP contribution in [0.25, 0.3) is 11.1 Å². The third-order valence-electron chi connectivity index (χ3n) is 6.08. The lowest BCUT2D eigenvalue weighted by Gasteiger charge is -2.20. The van der Waals surface area contributed by atoms with Gasteiger partial charge in [0.25, 0.3) is 11.8 Å². The average molecular weight is 462 g/mol. The molecule has 0 radical (unpaired) electrons. The van der Waals surface area contributed by atoms with Crippen LogP contribution in [0.15, 0.2) is 66.8 Å². The quantitative estimate of drug-likeness (QED) is 0.508. The number of amides is 2. The number of hydrogen-bond acceptors (Lipinski definition) is 3. The van der Waals surface area contributed by atoms with E-state index in [1.54, 1.807) is 18.2 Å². The van der Waals surface area contributed by atoms with Gasteiger partial charge in [0, 0.05) is 47.0 Å². The second kappa shape index (κ2) is 10.2. The Hall–Kier alpha value is -3.15. The zero-order chi connectivity index (χ0) is 23.4. The number of nitrogens with one attached hydrogen (secondary N) is 1. The molecule has 1 saturated heterocycles. The molecule has 0 unspecified atom stereocenters. The Morgan fingerprint density at radius 3 is 2.55 bits per heavy atom. The zero-order valence-electron chi connectivity index (χ0n) is 19.0. The second-order valence-electron chi connectivity index (χ2n) is 8.49. The summed E-state index contributed by atoms with van der Waals surface area (Å²) in [5.74, 6) is -0.0332. The summed E-state index contributed by atoms with van der Waals surface area (Å²) in [6.45, 7) is 5.54. The molecule has 6 heteroatoms. The van der Waals surface area contributed by atoms with Crippen LogP contribution < -0.4 is 5.32 Å². The lowest BCUT2D eigenvalue weighted by Crippen LogP contribution is -2.34. The largest absolute Gasteiger partial charge is 0.337 e.